The van der Waals surface area contributed by atoms with Gasteiger partial charge in [0, 0.05) is 10.5 Å². The first-order chi connectivity index (χ1) is 7.13. The third-order valence-electron chi connectivity index (χ3n) is 1.90. The maximum Gasteiger partial charge on any atom is 0.123 e. The molecule has 4 heteroatoms. The molecule has 2 N–H and O–H groups in total. The lowest BCUT2D eigenvalue weighted by atomic mass is 10.1. The van der Waals surface area contributed by atoms with Gasteiger partial charge in [-0.05, 0) is 37.1 Å². The Bertz CT molecular complexity index is 317. The van der Waals surface area contributed by atoms with Crippen LogP contribution in [0.2, 0.25) is 0 Å². The number of nitrogens with two attached hydrogens (primary N) is 1. The number of benzene rings is 1. The first kappa shape index (κ1) is 12.5. The summed E-state index contributed by atoms with van der Waals surface area (Å²) in [6.45, 7) is 1.57. The molecular formula is C11H15BrFNO. The van der Waals surface area contributed by atoms with Gasteiger partial charge in [0.25, 0.3) is 0 Å². The summed E-state index contributed by atoms with van der Waals surface area (Å²) in [5, 5.41) is 0. The van der Waals surface area contributed by atoms with Gasteiger partial charge in [-0.1, -0.05) is 15.9 Å². The van der Waals surface area contributed by atoms with Crippen molar-refractivity contribution in [3.63, 3.8) is 0 Å². The monoisotopic (exact) mass is 275 g/mol. The molecule has 0 fully saturated rings. The van der Waals surface area contributed by atoms with Crippen LogP contribution < -0.4 is 10.5 Å². The van der Waals surface area contributed by atoms with Gasteiger partial charge >= 0.3 is 0 Å². The highest BCUT2D eigenvalue weighted by Gasteiger charge is 2.05. The molecule has 84 valence electrons. The van der Waals surface area contributed by atoms with Crippen LogP contribution in [0, 0.1) is 0 Å². The highest BCUT2D eigenvalue weighted by atomic mass is 79.9. The van der Waals surface area contributed by atoms with Crippen molar-refractivity contribution in [2.24, 2.45) is 5.73 Å². The molecule has 0 heterocycles. The third-order valence-corrected chi connectivity index (χ3v) is 2.68. The van der Waals surface area contributed by atoms with Crippen LogP contribution in [0.5, 0.6) is 5.75 Å². The van der Waals surface area contributed by atoms with Gasteiger partial charge in [0.1, 0.15) is 19.0 Å². The maximum absolute atomic E-state index is 11.9. The first-order valence-corrected chi connectivity index (χ1v) is 5.65. The van der Waals surface area contributed by atoms with E-state index in [-0.39, 0.29) is 12.6 Å². The van der Waals surface area contributed by atoms with Crippen molar-refractivity contribution < 1.29 is 9.13 Å². The molecule has 0 radical (unpaired) electrons. The molecule has 2 nitrogen and oxygen atoms in total. The molecule has 0 aliphatic carbocycles. The second-order valence-corrected chi connectivity index (χ2v) is 4.33. The number of ether oxygens (including phenoxy) is 1. The predicted octanol–water partition coefficient (Wildman–Crippen LogP) is 2.69. The van der Waals surface area contributed by atoms with E-state index in [4.69, 9.17) is 10.5 Å². The zero-order valence-corrected chi connectivity index (χ0v) is 10.3. The largest absolute Gasteiger partial charge is 0.491 e. The molecule has 0 aliphatic heterocycles. The molecule has 0 aromatic heterocycles. The van der Waals surface area contributed by atoms with E-state index in [0.717, 1.165) is 16.5 Å². The van der Waals surface area contributed by atoms with Crippen LogP contribution >= 0.6 is 15.9 Å². The van der Waals surface area contributed by atoms with Crippen molar-refractivity contribution in [2.45, 2.75) is 19.4 Å². The van der Waals surface area contributed by atoms with Crippen molar-refractivity contribution in [3.8, 4) is 5.75 Å². The van der Waals surface area contributed by atoms with E-state index in [1.807, 2.05) is 25.1 Å². The Morgan fingerprint density at radius 3 is 2.87 bits per heavy atom. The number of hydrogen-bond acceptors (Lipinski definition) is 2. The zero-order chi connectivity index (χ0) is 11.3. The van der Waals surface area contributed by atoms with Gasteiger partial charge in [-0.15, -0.1) is 0 Å². The van der Waals surface area contributed by atoms with Gasteiger partial charge in [-0.3, -0.25) is 0 Å². The summed E-state index contributed by atoms with van der Waals surface area (Å²) in [6, 6.07) is 5.69. The smallest absolute Gasteiger partial charge is 0.123 e. The van der Waals surface area contributed by atoms with E-state index in [1.54, 1.807) is 0 Å². The zero-order valence-electron chi connectivity index (χ0n) is 8.67. The van der Waals surface area contributed by atoms with Gasteiger partial charge in [-0.2, -0.15) is 0 Å². The van der Waals surface area contributed by atoms with Gasteiger partial charge in [-0.25, -0.2) is 4.39 Å². The van der Waals surface area contributed by atoms with Gasteiger partial charge < -0.3 is 10.5 Å². The lowest BCUT2D eigenvalue weighted by Gasteiger charge is -2.10. The molecule has 0 amide bonds. The predicted molar refractivity (Wildman–Crippen MR) is 63.0 cm³/mol. The fourth-order valence-corrected chi connectivity index (χ4v) is 1.71. The lowest BCUT2D eigenvalue weighted by Crippen LogP contribution is -2.18. The van der Waals surface area contributed by atoms with E-state index in [9.17, 15) is 4.39 Å². The molecule has 15 heavy (non-hydrogen) atoms. The molecule has 1 aromatic carbocycles. The molecule has 1 aromatic rings. The van der Waals surface area contributed by atoms with Gasteiger partial charge in [0.05, 0.1) is 0 Å². The molecule has 0 saturated heterocycles. The maximum atomic E-state index is 11.9. The Morgan fingerprint density at radius 1 is 1.53 bits per heavy atom. The van der Waals surface area contributed by atoms with E-state index in [1.165, 1.54) is 0 Å². The number of alkyl halides is 1. The van der Waals surface area contributed by atoms with E-state index in [2.05, 4.69) is 15.9 Å². The summed E-state index contributed by atoms with van der Waals surface area (Å²) in [5.41, 5.74) is 6.81. The third kappa shape index (κ3) is 4.18. The Balaban J connectivity index is 2.75. The molecule has 0 saturated carbocycles. The van der Waals surface area contributed by atoms with Crippen molar-refractivity contribution in [1.82, 2.24) is 0 Å². The molecule has 0 bridgehead atoms. The summed E-state index contributed by atoms with van der Waals surface area (Å²) in [7, 11) is 0. The Hall–Kier alpha value is -0.610. The minimum Gasteiger partial charge on any atom is -0.491 e. The lowest BCUT2D eigenvalue weighted by molar-refractivity contribution is 0.273. The Kier molecular flexibility index (Phi) is 5.05. The summed E-state index contributed by atoms with van der Waals surface area (Å²) in [4.78, 5) is 0. The van der Waals surface area contributed by atoms with E-state index in [0.29, 0.717) is 5.75 Å². The van der Waals surface area contributed by atoms with Crippen LogP contribution in [0.3, 0.4) is 0 Å². The first-order valence-electron chi connectivity index (χ1n) is 4.86. The van der Waals surface area contributed by atoms with Crippen LogP contribution in [0.25, 0.3) is 0 Å². The molecule has 1 unspecified atom stereocenters. The number of hydrogen-bond donors (Lipinski definition) is 1. The van der Waals surface area contributed by atoms with Crippen LogP contribution in [0.15, 0.2) is 22.7 Å². The molecular weight excluding hydrogens is 261 g/mol. The van der Waals surface area contributed by atoms with Crippen LogP contribution in [0.4, 0.5) is 4.39 Å². The summed E-state index contributed by atoms with van der Waals surface area (Å²) in [6.07, 6.45) is 0.771. The second-order valence-electron chi connectivity index (χ2n) is 3.47. The standard InChI is InChI=1S/C11H15BrFNO/c1-8(14)6-9-7-10(15-5-4-13)2-3-11(9)12/h2-3,7-8H,4-6,14H2,1H3. The minimum absolute atomic E-state index is 0.0951. The Labute approximate surface area is 97.7 Å². The van der Waals surface area contributed by atoms with Crippen LogP contribution in [-0.4, -0.2) is 19.3 Å². The highest BCUT2D eigenvalue weighted by molar-refractivity contribution is 9.10. The van der Waals surface area contributed by atoms with Gasteiger partial charge in [0.2, 0.25) is 0 Å². The fraction of sp³-hybridized carbons (Fsp3) is 0.455. The van der Waals surface area contributed by atoms with Crippen molar-refractivity contribution in [2.75, 3.05) is 13.3 Å². The topological polar surface area (TPSA) is 35.2 Å². The number of rotatable bonds is 5. The average Bonchev–Trinajstić information content (AvgIpc) is 2.18. The quantitative estimate of drug-likeness (QED) is 0.897. The molecule has 0 spiro atoms. The fourth-order valence-electron chi connectivity index (χ4n) is 1.30. The van der Waals surface area contributed by atoms with Crippen molar-refractivity contribution >= 4 is 15.9 Å². The normalized spacial score (nSPS) is 12.5. The van der Waals surface area contributed by atoms with Gasteiger partial charge in [0.15, 0.2) is 0 Å². The molecule has 0 aliphatic rings. The molecule has 1 rings (SSSR count). The summed E-state index contributed by atoms with van der Waals surface area (Å²) >= 11 is 3.44. The molecule has 1 atom stereocenters. The number of halogens is 2. The van der Waals surface area contributed by atoms with E-state index >= 15 is 0 Å². The van der Waals surface area contributed by atoms with Crippen molar-refractivity contribution in [3.05, 3.63) is 28.2 Å². The summed E-state index contributed by atoms with van der Waals surface area (Å²) in [5.74, 6) is 0.687. The average molecular weight is 276 g/mol. The Morgan fingerprint density at radius 2 is 2.27 bits per heavy atom. The van der Waals surface area contributed by atoms with Crippen LogP contribution in [0.1, 0.15) is 12.5 Å². The SMILES string of the molecule is CC(N)Cc1cc(OCCF)ccc1Br. The minimum atomic E-state index is -0.474. The second kappa shape index (κ2) is 6.08. The van der Waals surface area contributed by atoms with E-state index < -0.39 is 6.67 Å². The van der Waals surface area contributed by atoms with Crippen LogP contribution in [-0.2, 0) is 6.42 Å². The van der Waals surface area contributed by atoms with Crippen molar-refractivity contribution in [1.29, 1.82) is 0 Å². The summed E-state index contributed by atoms with van der Waals surface area (Å²) < 4.78 is 18.1. The highest BCUT2D eigenvalue weighted by Crippen LogP contribution is 2.23.